The number of hydrogen-bond donors (Lipinski definition) is 0. The van der Waals surface area contributed by atoms with Gasteiger partial charge in [0.15, 0.2) is 5.16 Å². The van der Waals surface area contributed by atoms with Gasteiger partial charge in [0, 0.05) is 6.04 Å². The van der Waals surface area contributed by atoms with E-state index >= 15 is 0 Å². The molecule has 1 aliphatic carbocycles. The topological polar surface area (TPSA) is 17.8 Å². The number of hydrogen-bond acceptors (Lipinski definition) is 2. The van der Waals surface area contributed by atoms with Gasteiger partial charge in [-0.3, -0.25) is 0 Å². The van der Waals surface area contributed by atoms with Gasteiger partial charge in [-0.2, -0.15) is 0 Å². The molecule has 1 aromatic carbocycles. The maximum atomic E-state index is 4.73. The molecule has 3 rings (SSSR count). The van der Waals surface area contributed by atoms with Gasteiger partial charge in [-0.1, -0.05) is 43.2 Å². The van der Waals surface area contributed by atoms with Crippen LogP contribution < -0.4 is 0 Å². The largest absolute Gasteiger partial charge is 0.316 e. The van der Waals surface area contributed by atoms with Crippen LogP contribution in [-0.4, -0.2) is 15.8 Å². The Balaban J connectivity index is 2.11. The van der Waals surface area contributed by atoms with Gasteiger partial charge in [-0.15, -0.1) is 0 Å². The maximum absolute atomic E-state index is 4.73. The standard InChI is InChI=1S/C14H18N2S/c1-17-14-15-12-9-5-6-10-13(12)16(14)11-7-3-2-4-8-11/h5-6,9-11H,2-4,7-8H2,1H3. The number of fused-ring (bicyclic) bond motifs is 1. The van der Waals surface area contributed by atoms with Crippen molar-refractivity contribution in [3.05, 3.63) is 24.3 Å². The van der Waals surface area contributed by atoms with Crippen LogP contribution in [0.3, 0.4) is 0 Å². The molecule has 1 saturated carbocycles. The van der Waals surface area contributed by atoms with E-state index in [1.165, 1.54) is 42.8 Å². The number of imidazole rings is 1. The first-order valence-corrected chi connectivity index (χ1v) is 7.63. The van der Waals surface area contributed by atoms with Crippen LogP contribution >= 0.6 is 11.8 Å². The molecule has 0 atom stereocenters. The quantitative estimate of drug-likeness (QED) is 0.737. The highest BCUT2D eigenvalue weighted by molar-refractivity contribution is 7.98. The van der Waals surface area contributed by atoms with Crippen LogP contribution in [0, 0.1) is 0 Å². The molecule has 0 bridgehead atoms. The van der Waals surface area contributed by atoms with E-state index in [4.69, 9.17) is 4.98 Å². The Kier molecular flexibility index (Phi) is 3.10. The first kappa shape index (κ1) is 11.1. The summed E-state index contributed by atoms with van der Waals surface area (Å²) in [6, 6.07) is 9.18. The Labute approximate surface area is 106 Å². The molecule has 0 spiro atoms. The van der Waals surface area contributed by atoms with Crippen molar-refractivity contribution in [2.45, 2.75) is 43.3 Å². The number of aromatic nitrogens is 2. The zero-order valence-corrected chi connectivity index (χ0v) is 11.0. The average Bonchev–Trinajstić information content (AvgIpc) is 2.78. The van der Waals surface area contributed by atoms with E-state index in [0.29, 0.717) is 6.04 Å². The molecule has 0 saturated heterocycles. The van der Waals surface area contributed by atoms with Crippen molar-refractivity contribution in [3.63, 3.8) is 0 Å². The summed E-state index contributed by atoms with van der Waals surface area (Å²) in [7, 11) is 0. The SMILES string of the molecule is CSc1nc2ccccc2n1C1CCCCC1. The second-order valence-corrected chi connectivity index (χ2v) is 5.52. The summed E-state index contributed by atoms with van der Waals surface area (Å²) in [5.74, 6) is 0. The molecule has 0 radical (unpaired) electrons. The first-order chi connectivity index (χ1) is 8.40. The summed E-state index contributed by atoms with van der Waals surface area (Å²) in [4.78, 5) is 4.73. The number of benzene rings is 1. The molecule has 1 aromatic heterocycles. The second-order valence-electron chi connectivity index (χ2n) is 4.75. The Bertz CT molecular complexity index is 512. The Morgan fingerprint density at radius 3 is 2.71 bits per heavy atom. The lowest BCUT2D eigenvalue weighted by Crippen LogP contribution is -2.13. The molecule has 1 fully saturated rings. The van der Waals surface area contributed by atoms with Crippen LogP contribution in [0.1, 0.15) is 38.1 Å². The molecular formula is C14H18N2S. The minimum atomic E-state index is 0.665. The zero-order chi connectivity index (χ0) is 11.7. The van der Waals surface area contributed by atoms with E-state index in [1.54, 1.807) is 11.8 Å². The lowest BCUT2D eigenvalue weighted by Gasteiger charge is -2.25. The van der Waals surface area contributed by atoms with E-state index in [0.717, 1.165) is 5.52 Å². The molecule has 3 heteroatoms. The molecule has 1 heterocycles. The minimum Gasteiger partial charge on any atom is -0.316 e. The fourth-order valence-corrected chi connectivity index (χ4v) is 3.49. The van der Waals surface area contributed by atoms with Crippen LogP contribution in [0.5, 0.6) is 0 Å². The van der Waals surface area contributed by atoms with E-state index in [9.17, 15) is 0 Å². The molecule has 0 N–H and O–H groups in total. The third-order valence-corrected chi connectivity index (χ3v) is 4.34. The zero-order valence-electron chi connectivity index (χ0n) is 10.2. The predicted molar refractivity (Wildman–Crippen MR) is 73.6 cm³/mol. The van der Waals surface area contributed by atoms with Gasteiger partial charge in [-0.05, 0) is 31.2 Å². The van der Waals surface area contributed by atoms with E-state index in [-0.39, 0.29) is 0 Å². The number of rotatable bonds is 2. The minimum absolute atomic E-state index is 0.665. The van der Waals surface area contributed by atoms with Gasteiger partial charge in [0.05, 0.1) is 11.0 Å². The molecular weight excluding hydrogens is 228 g/mol. The smallest absolute Gasteiger partial charge is 0.169 e. The molecule has 17 heavy (non-hydrogen) atoms. The van der Waals surface area contributed by atoms with Crippen LogP contribution in [0.15, 0.2) is 29.4 Å². The van der Waals surface area contributed by atoms with Crippen molar-refractivity contribution in [3.8, 4) is 0 Å². The first-order valence-electron chi connectivity index (χ1n) is 6.41. The lowest BCUT2D eigenvalue weighted by molar-refractivity contribution is 0.344. The van der Waals surface area contributed by atoms with Crippen molar-refractivity contribution in [1.29, 1.82) is 0 Å². The van der Waals surface area contributed by atoms with Crippen molar-refractivity contribution in [2.75, 3.05) is 6.26 Å². The van der Waals surface area contributed by atoms with E-state index in [1.807, 2.05) is 0 Å². The third-order valence-electron chi connectivity index (χ3n) is 3.69. The van der Waals surface area contributed by atoms with Crippen molar-refractivity contribution in [1.82, 2.24) is 9.55 Å². The van der Waals surface area contributed by atoms with Crippen LogP contribution in [0.25, 0.3) is 11.0 Å². The van der Waals surface area contributed by atoms with Gasteiger partial charge in [0.2, 0.25) is 0 Å². The highest BCUT2D eigenvalue weighted by atomic mass is 32.2. The Hall–Kier alpha value is -0.960. The van der Waals surface area contributed by atoms with Gasteiger partial charge in [-0.25, -0.2) is 4.98 Å². The average molecular weight is 246 g/mol. The van der Waals surface area contributed by atoms with E-state index in [2.05, 4.69) is 35.1 Å². The number of nitrogens with zero attached hydrogens (tertiary/aromatic N) is 2. The highest BCUT2D eigenvalue weighted by Crippen LogP contribution is 2.34. The van der Waals surface area contributed by atoms with Gasteiger partial charge in [0.25, 0.3) is 0 Å². The summed E-state index contributed by atoms with van der Waals surface area (Å²) in [6.07, 6.45) is 8.89. The molecule has 1 aliphatic rings. The maximum Gasteiger partial charge on any atom is 0.169 e. The van der Waals surface area contributed by atoms with E-state index < -0.39 is 0 Å². The monoisotopic (exact) mass is 246 g/mol. The Morgan fingerprint density at radius 2 is 1.94 bits per heavy atom. The summed E-state index contributed by atoms with van der Waals surface area (Å²) >= 11 is 1.77. The summed E-state index contributed by atoms with van der Waals surface area (Å²) in [5, 5.41) is 1.18. The molecule has 0 aliphatic heterocycles. The normalized spacial score (nSPS) is 17.7. The number of para-hydroxylation sites is 2. The summed E-state index contributed by atoms with van der Waals surface area (Å²) in [5.41, 5.74) is 2.45. The van der Waals surface area contributed by atoms with Gasteiger partial charge < -0.3 is 4.57 Å². The van der Waals surface area contributed by atoms with Gasteiger partial charge in [0.1, 0.15) is 0 Å². The summed E-state index contributed by atoms with van der Waals surface area (Å²) in [6.45, 7) is 0. The molecule has 2 nitrogen and oxygen atoms in total. The molecule has 90 valence electrons. The summed E-state index contributed by atoms with van der Waals surface area (Å²) < 4.78 is 2.47. The highest BCUT2D eigenvalue weighted by Gasteiger charge is 2.20. The fraction of sp³-hybridized carbons (Fsp3) is 0.500. The van der Waals surface area contributed by atoms with Crippen LogP contribution in [0.4, 0.5) is 0 Å². The fourth-order valence-electron chi connectivity index (χ4n) is 2.86. The van der Waals surface area contributed by atoms with Crippen molar-refractivity contribution in [2.24, 2.45) is 0 Å². The van der Waals surface area contributed by atoms with Crippen molar-refractivity contribution < 1.29 is 0 Å². The number of thioether (sulfide) groups is 1. The van der Waals surface area contributed by atoms with Crippen molar-refractivity contribution >= 4 is 22.8 Å². The molecule has 0 unspecified atom stereocenters. The Morgan fingerprint density at radius 1 is 1.18 bits per heavy atom. The molecule has 2 aromatic rings. The molecule has 0 amide bonds. The third kappa shape index (κ3) is 1.97. The van der Waals surface area contributed by atoms with Crippen LogP contribution in [0.2, 0.25) is 0 Å². The lowest BCUT2D eigenvalue weighted by atomic mass is 9.95. The van der Waals surface area contributed by atoms with Crippen LogP contribution in [-0.2, 0) is 0 Å². The van der Waals surface area contributed by atoms with Gasteiger partial charge >= 0.3 is 0 Å². The second kappa shape index (κ2) is 4.73. The predicted octanol–water partition coefficient (Wildman–Crippen LogP) is 4.26.